The molecular weight excluding hydrogens is 196 g/mol. The van der Waals surface area contributed by atoms with E-state index in [9.17, 15) is 0 Å². The lowest BCUT2D eigenvalue weighted by atomic mass is 9.82. The second-order valence-corrected chi connectivity index (χ2v) is 5.71. The quantitative estimate of drug-likeness (QED) is 0.659. The fraction of sp³-hybridized carbons (Fsp3) is 0.643. The smallest absolute Gasteiger partial charge is 0.0639 e. The summed E-state index contributed by atoms with van der Waals surface area (Å²) in [5.41, 5.74) is 4.39. The molecule has 2 rings (SSSR count). The minimum Gasteiger partial charge on any atom is -0.373 e. The summed E-state index contributed by atoms with van der Waals surface area (Å²) in [7, 11) is 2.18. The fourth-order valence-electron chi connectivity index (χ4n) is 2.62. The molecule has 0 spiro atoms. The molecule has 1 saturated heterocycles. The Hall–Kier alpha value is -1.05. The van der Waals surface area contributed by atoms with E-state index >= 15 is 0 Å². The number of fused-ring (bicyclic) bond motifs is 1. The highest BCUT2D eigenvalue weighted by Gasteiger charge is 2.31. The zero-order chi connectivity index (χ0) is 11.8. The third-order valence-corrected chi connectivity index (χ3v) is 3.43. The number of hydrogen-bond acceptors (Lipinski definition) is 2. The highest BCUT2D eigenvalue weighted by Crippen LogP contribution is 2.33. The lowest BCUT2D eigenvalue weighted by Gasteiger charge is -2.39. The summed E-state index contributed by atoms with van der Waals surface area (Å²) in [6.45, 7) is 7.96. The van der Waals surface area contributed by atoms with Crippen molar-refractivity contribution in [3.05, 3.63) is 23.5 Å². The normalized spacial score (nSPS) is 24.0. The van der Waals surface area contributed by atoms with E-state index in [1.807, 2.05) is 0 Å². The van der Waals surface area contributed by atoms with Crippen molar-refractivity contribution in [1.82, 2.24) is 4.90 Å². The summed E-state index contributed by atoms with van der Waals surface area (Å²) in [6.07, 6.45) is 7.68. The van der Waals surface area contributed by atoms with Gasteiger partial charge in [0.15, 0.2) is 0 Å². The Labute approximate surface area is 98.7 Å². The molecule has 0 saturated carbocycles. The maximum atomic E-state index is 4.69. The van der Waals surface area contributed by atoms with Gasteiger partial charge in [-0.15, -0.1) is 0 Å². The molecule has 0 radical (unpaired) electrons. The van der Waals surface area contributed by atoms with Crippen molar-refractivity contribution >= 4 is 5.71 Å². The molecule has 16 heavy (non-hydrogen) atoms. The van der Waals surface area contributed by atoms with Crippen LogP contribution in [-0.4, -0.2) is 24.2 Å². The average molecular weight is 218 g/mol. The van der Waals surface area contributed by atoms with Gasteiger partial charge < -0.3 is 4.90 Å². The van der Waals surface area contributed by atoms with Gasteiger partial charge in [0.1, 0.15) is 0 Å². The zero-order valence-electron chi connectivity index (χ0n) is 10.9. The number of aliphatic imine (C=N–C) groups is 1. The molecule has 2 heterocycles. The summed E-state index contributed by atoms with van der Waals surface area (Å²) < 4.78 is 0. The van der Waals surface area contributed by atoms with Crippen LogP contribution in [0.5, 0.6) is 0 Å². The van der Waals surface area contributed by atoms with Gasteiger partial charge in [0.2, 0.25) is 0 Å². The highest BCUT2D eigenvalue weighted by atomic mass is 15.1. The van der Waals surface area contributed by atoms with Crippen molar-refractivity contribution in [2.24, 2.45) is 10.4 Å². The van der Waals surface area contributed by atoms with Crippen LogP contribution in [0, 0.1) is 5.41 Å². The van der Waals surface area contributed by atoms with Crippen molar-refractivity contribution in [3.8, 4) is 0 Å². The predicted octanol–water partition coefficient (Wildman–Crippen LogP) is 3.37. The maximum Gasteiger partial charge on any atom is 0.0639 e. The first-order chi connectivity index (χ1) is 7.52. The Morgan fingerprint density at radius 2 is 2.19 bits per heavy atom. The first-order valence-corrected chi connectivity index (χ1v) is 6.18. The van der Waals surface area contributed by atoms with Gasteiger partial charge in [-0.3, -0.25) is 4.99 Å². The van der Waals surface area contributed by atoms with Crippen molar-refractivity contribution < 1.29 is 0 Å². The lowest BCUT2D eigenvalue weighted by molar-refractivity contribution is 0.240. The van der Waals surface area contributed by atoms with Gasteiger partial charge in [0, 0.05) is 19.8 Å². The highest BCUT2D eigenvalue weighted by molar-refractivity contribution is 6.01. The topological polar surface area (TPSA) is 15.6 Å². The zero-order valence-corrected chi connectivity index (χ0v) is 10.9. The number of hydrogen-bond donors (Lipinski definition) is 0. The molecule has 1 fully saturated rings. The van der Waals surface area contributed by atoms with Crippen LogP contribution in [0.1, 0.15) is 40.0 Å². The maximum absolute atomic E-state index is 4.69. The van der Waals surface area contributed by atoms with Gasteiger partial charge in [-0.2, -0.15) is 0 Å². The van der Waals surface area contributed by atoms with Crippen LogP contribution in [0.2, 0.25) is 0 Å². The van der Waals surface area contributed by atoms with Gasteiger partial charge in [-0.25, -0.2) is 0 Å². The second-order valence-electron chi connectivity index (χ2n) is 5.71. The molecule has 0 aromatic heterocycles. The molecule has 0 aromatic rings. The molecule has 2 nitrogen and oxygen atoms in total. The molecule has 0 unspecified atom stereocenters. The summed E-state index contributed by atoms with van der Waals surface area (Å²) in [5.74, 6) is 0. The van der Waals surface area contributed by atoms with Crippen molar-refractivity contribution in [3.63, 3.8) is 0 Å². The predicted molar refractivity (Wildman–Crippen MR) is 69.5 cm³/mol. The fourth-order valence-corrected chi connectivity index (χ4v) is 2.62. The largest absolute Gasteiger partial charge is 0.373 e. The van der Waals surface area contributed by atoms with Crippen LogP contribution in [0.4, 0.5) is 0 Å². The van der Waals surface area contributed by atoms with Gasteiger partial charge in [0.25, 0.3) is 0 Å². The van der Waals surface area contributed by atoms with E-state index in [4.69, 9.17) is 0 Å². The molecule has 0 atom stereocenters. The molecule has 88 valence electrons. The molecule has 2 heteroatoms. The number of allylic oxidation sites excluding steroid dienone is 3. The van der Waals surface area contributed by atoms with E-state index in [1.165, 1.54) is 17.0 Å². The third-order valence-electron chi connectivity index (χ3n) is 3.43. The van der Waals surface area contributed by atoms with E-state index in [0.717, 1.165) is 25.8 Å². The molecule has 0 aromatic carbocycles. The van der Waals surface area contributed by atoms with Gasteiger partial charge in [-0.05, 0) is 30.3 Å². The number of nitrogens with zero attached hydrogens (tertiary/aromatic N) is 2. The molecule has 0 N–H and O–H groups in total. The van der Waals surface area contributed by atoms with Crippen LogP contribution in [0.15, 0.2) is 28.5 Å². The number of likely N-dealkylation sites (tertiary alicyclic amines) is 1. The molecular formula is C14H22N2. The van der Waals surface area contributed by atoms with E-state index in [1.54, 1.807) is 0 Å². The van der Waals surface area contributed by atoms with Crippen LogP contribution in [0.3, 0.4) is 0 Å². The summed E-state index contributed by atoms with van der Waals surface area (Å²) in [4.78, 5) is 7.04. The molecule has 2 aliphatic heterocycles. The van der Waals surface area contributed by atoms with Crippen LogP contribution in [-0.2, 0) is 0 Å². The van der Waals surface area contributed by atoms with Crippen molar-refractivity contribution in [2.75, 3.05) is 13.6 Å². The third kappa shape index (κ3) is 2.21. The summed E-state index contributed by atoms with van der Waals surface area (Å²) in [6, 6.07) is 0. The Balaban J connectivity index is 2.32. The average Bonchev–Trinajstić information content (AvgIpc) is 2.38. The lowest BCUT2D eigenvalue weighted by Crippen LogP contribution is -2.41. The van der Waals surface area contributed by atoms with Crippen molar-refractivity contribution in [2.45, 2.75) is 40.0 Å². The van der Waals surface area contributed by atoms with Crippen LogP contribution in [0.25, 0.3) is 0 Å². The molecule has 0 bridgehead atoms. The van der Waals surface area contributed by atoms with Crippen molar-refractivity contribution in [1.29, 1.82) is 0 Å². The summed E-state index contributed by atoms with van der Waals surface area (Å²) >= 11 is 0. The Morgan fingerprint density at radius 3 is 2.88 bits per heavy atom. The molecule has 2 aliphatic rings. The van der Waals surface area contributed by atoms with Crippen LogP contribution < -0.4 is 0 Å². The Kier molecular flexibility index (Phi) is 2.92. The standard InChI is InChI=1S/C14H22N2/c1-5-11-6-7-13-12(15-9-11)8-14(2,3)10-16(13)4/h7,9H,5-6,8,10H2,1-4H3. The Morgan fingerprint density at radius 1 is 1.44 bits per heavy atom. The Bertz CT molecular complexity index is 372. The van der Waals surface area contributed by atoms with Gasteiger partial charge in [0.05, 0.1) is 11.4 Å². The number of piperidine rings is 1. The first kappa shape index (κ1) is 11.4. The minimum atomic E-state index is 0.343. The van der Waals surface area contributed by atoms with E-state index in [-0.39, 0.29) is 0 Å². The van der Waals surface area contributed by atoms with E-state index in [2.05, 4.69) is 50.0 Å². The monoisotopic (exact) mass is 218 g/mol. The second kappa shape index (κ2) is 4.08. The minimum absolute atomic E-state index is 0.343. The molecule has 0 amide bonds. The van der Waals surface area contributed by atoms with Gasteiger partial charge >= 0.3 is 0 Å². The molecule has 0 aliphatic carbocycles. The summed E-state index contributed by atoms with van der Waals surface area (Å²) in [5, 5.41) is 0. The van der Waals surface area contributed by atoms with E-state index < -0.39 is 0 Å². The number of rotatable bonds is 1. The van der Waals surface area contributed by atoms with Gasteiger partial charge in [-0.1, -0.05) is 26.8 Å². The first-order valence-electron chi connectivity index (χ1n) is 6.18. The SMILES string of the molecule is CCC1=CN=C2CC(C)(C)CN(C)C2=CC1. The van der Waals surface area contributed by atoms with E-state index in [0.29, 0.717) is 5.41 Å². The van der Waals surface area contributed by atoms with Crippen LogP contribution >= 0.6 is 0 Å².